The molecule has 1 N–H and O–H groups in total. The van der Waals surface area contributed by atoms with Gasteiger partial charge in [0.15, 0.2) is 0 Å². The molecule has 0 unspecified atom stereocenters. The van der Waals surface area contributed by atoms with Crippen molar-refractivity contribution < 1.29 is 18.8 Å². The smallest absolute Gasteiger partial charge is 0.204 e. The fourth-order valence-electron chi connectivity index (χ4n) is 1.44. The molecule has 88 valence electrons. The number of methoxy groups -OCH3 is 1. The molecule has 0 amide bonds. The van der Waals surface area contributed by atoms with Gasteiger partial charge in [0.2, 0.25) is 5.42 Å². The quantitative estimate of drug-likeness (QED) is 0.848. The second-order valence-electron chi connectivity index (χ2n) is 3.30. The highest BCUT2D eigenvalue weighted by molar-refractivity contribution is 5.59. The summed E-state index contributed by atoms with van der Waals surface area (Å²) in [6.07, 6.45) is 2.20. The van der Waals surface area contributed by atoms with Crippen LogP contribution in [0, 0.1) is 5.82 Å². The summed E-state index contributed by atoms with van der Waals surface area (Å²) in [7, 11) is 1.46. The van der Waals surface area contributed by atoms with Crippen molar-refractivity contribution in [1.29, 1.82) is 0 Å². The predicted octanol–water partition coefficient (Wildman–Crippen LogP) is 1.16. The molecule has 5 heteroatoms. The molecule has 0 aliphatic heterocycles. The topological polar surface area (TPSA) is 55.5 Å². The molecule has 0 radical (unpaired) electrons. The normalized spacial score (nSPS) is 13.1. The van der Waals surface area contributed by atoms with Gasteiger partial charge in [0.1, 0.15) is 17.8 Å². The molecule has 1 heterocycles. The summed E-state index contributed by atoms with van der Waals surface area (Å²) in [6, 6.07) is 5.73. The molecule has 0 aliphatic carbocycles. The summed E-state index contributed by atoms with van der Waals surface area (Å²) in [4.78, 5) is 0. The number of ether oxygens (including phenoxy) is 1. The number of halogens is 1. The molecular formula is C12H10FNO3. The van der Waals surface area contributed by atoms with Gasteiger partial charge in [0.05, 0.1) is 18.6 Å². The Morgan fingerprint density at radius 2 is 2.06 bits per heavy atom. The number of nitrogens with zero attached hydrogens (tertiary/aromatic N) is 1. The minimum absolute atomic E-state index is 0.300. The van der Waals surface area contributed by atoms with Gasteiger partial charge in [-0.05, 0) is 24.3 Å². The lowest BCUT2D eigenvalue weighted by atomic mass is 10.1. The third-order valence-corrected chi connectivity index (χ3v) is 2.23. The molecule has 0 bridgehead atoms. The highest BCUT2D eigenvalue weighted by Crippen LogP contribution is 2.12. The van der Waals surface area contributed by atoms with Crippen molar-refractivity contribution in [3.63, 3.8) is 0 Å². The van der Waals surface area contributed by atoms with Crippen LogP contribution in [0.15, 0.2) is 28.8 Å². The summed E-state index contributed by atoms with van der Waals surface area (Å²) < 4.78 is 22.6. The van der Waals surface area contributed by atoms with E-state index in [1.807, 2.05) is 0 Å². The fourth-order valence-corrected chi connectivity index (χ4v) is 1.44. The van der Waals surface area contributed by atoms with Crippen molar-refractivity contribution in [2.45, 2.75) is 0 Å². The second kappa shape index (κ2) is 4.69. The lowest BCUT2D eigenvalue weighted by molar-refractivity contribution is 0.349. The van der Waals surface area contributed by atoms with E-state index in [9.17, 15) is 4.39 Å². The maximum Gasteiger partial charge on any atom is 0.204 e. The first-order valence-electron chi connectivity index (χ1n) is 4.85. The molecule has 2 aromatic rings. The van der Waals surface area contributed by atoms with Crippen molar-refractivity contribution in [3.05, 3.63) is 40.7 Å². The van der Waals surface area contributed by atoms with E-state index < -0.39 is 0 Å². The fraction of sp³-hybridized carbons (Fsp3) is 0.0833. The van der Waals surface area contributed by atoms with E-state index in [0.717, 1.165) is 6.26 Å². The summed E-state index contributed by atoms with van der Waals surface area (Å²) in [6.45, 7) is 0. The lowest BCUT2D eigenvalue weighted by Crippen LogP contribution is -2.21. The van der Waals surface area contributed by atoms with Crippen LogP contribution in [0.2, 0.25) is 0 Å². The third kappa shape index (κ3) is 2.13. The minimum Gasteiger partial charge on any atom is -0.515 e. The number of rotatable bonds is 2. The maximum atomic E-state index is 12.8. The zero-order chi connectivity index (χ0) is 12.3. The van der Waals surface area contributed by atoms with Gasteiger partial charge >= 0.3 is 0 Å². The van der Waals surface area contributed by atoms with Crippen molar-refractivity contribution in [1.82, 2.24) is 5.16 Å². The highest BCUT2D eigenvalue weighted by Gasteiger charge is 2.07. The molecule has 0 saturated carbocycles. The van der Waals surface area contributed by atoms with Crippen LogP contribution in [0.4, 0.5) is 4.39 Å². The molecule has 1 aromatic carbocycles. The molecule has 4 nitrogen and oxygen atoms in total. The van der Waals surface area contributed by atoms with Gasteiger partial charge in [-0.25, -0.2) is 4.39 Å². The van der Waals surface area contributed by atoms with Crippen LogP contribution in [-0.4, -0.2) is 17.4 Å². The molecule has 0 spiro atoms. The van der Waals surface area contributed by atoms with E-state index in [1.54, 1.807) is 12.1 Å². The van der Waals surface area contributed by atoms with Gasteiger partial charge < -0.3 is 14.4 Å². The van der Waals surface area contributed by atoms with Crippen molar-refractivity contribution in [3.8, 4) is 11.3 Å². The van der Waals surface area contributed by atoms with E-state index in [0.29, 0.717) is 21.9 Å². The van der Waals surface area contributed by atoms with Gasteiger partial charge in [0, 0.05) is 5.56 Å². The molecule has 0 saturated heterocycles. The van der Waals surface area contributed by atoms with Crippen LogP contribution in [0.5, 0.6) is 0 Å². The molecule has 2 rings (SSSR count). The number of hydrogen-bond donors (Lipinski definition) is 1. The summed E-state index contributed by atoms with van der Waals surface area (Å²) >= 11 is 0. The van der Waals surface area contributed by atoms with Crippen molar-refractivity contribution in [2.75, 3.05) is 7.11 Å². The van der Waals surface area contributed by atoms with Gasteiger partial charge in [-0.2, -0.15) is 0 Å². The van der Waals surface area contributed by atoms with Crippen LogP contribution >= 0.6 is 0 Å². The van der Waals surface area contributed by atoms with Crippen LogP contribution in [0.25, 0.3) is 23.8 Å². The van der Waals surface area contributed by atoms with E-state index in [1.165, 1.54) is 25.5 Å². The highest BCUT2D eigenvalue weighted by atomic mass is 19.1. The van der Waals surface area contributed by atoms with E-state index in [-0.39, 0.29) is 5.82 Å². The number of benzene rings is 1. The number of aliphatic hydroxyl groups excluding tert-OH is 1. The van der Waals surface area contributed by atoms with E-state index >= 15 is 0 Å². The van der Waals surface area contributed by atoms with E-state index in [4.69, 9.17) is 14.4 Å². The Labute approximate surface area is 96.2 Å². The Bertz CT molecular complexity index is 616. The van der Waals surface area contributed by atoms with Crippen LogP contribution in [0.1, 0.15) is 0 Å². The summed E-state index contributed by atoms with van der Waals surface area (Å²) in [5.74, 6) is -0.338. The Hall–Kier alpha value is -2.30. The Morgan fingerprint density at radius 3 is 2.65 bits per heavy atom. The van der Waals surface area contributed by atoms with Gasteiger partial charge in [-0.1, -0.05) is 5.16 Å². The minimum atomic E-state index is -0.338. The predicted molar refractivity (Wildman–Crippen MR) is 59.7 cm³/mol. The maximum absolute atomic E-state index is 12.8. The van der Waals surface area contributed by atoms with Crippen LogP contribution in [-0.2, 0) is 4.74 Å². The lowest BCUT2D eigenvalue weighted by Gasteiger charge is -1.94. The SMILES string of the molecule is CO/C=c1\onc(-c2ccc(F)cc2)\c1=C\O. The summed E-state index contributed by atoms with van der Waals surface area (Å²) in [5.41, 5.74) is 1.37. The first-order chi connectivity index (χ1) is 8.26. The molecular weight excluding hydrogens is 225 g/mol. The number of aliphatic hydroxyl groups is 1. The first-order valence-corrected chi connectivity index (χ1v) is 4.85. The standard InChI is InChI=1S/C12H10FNO3/c1-16-7-11-10(6-15)12(14-17-11)8-2-4-9(13)5-3-8/h2-7,15H,1H3/b10-6+,11-7-. The first kappa shape index (κ1) is 11.2. The van der Waals surface area contributed by atoms with Gasteiger partial charge in [-0.15, -0.1) is 0 Å². The van der Waals surface area contributed by atoms with Crippen molar-refractivity contribution >= 4 is 12.5 Å². The average Bonchev–Trinajstić information content (AvgIpc) is 2.73. The molecule has 1 aromatic heterocycles. The Balaban J connectivity index is 2.61. The number of aromatic nitrogens is 1. The van der Waals surface area contributed by atoms with Crippen molar-refractivity contribution in [2.24, 2.45) is 0 Å². The third-order valence-electron chi connectivity index (χ3n) is 2.23. The van der Waals surface area contributed by atoms with Gasteiger partial charge in [-0.3, -0.25) is 0 Å². The average molecular weight is 235 g/mol. The molecule has 17 heavy (non-hydrogen) atoms. The second-order valence-corrected chi connectivity index (χ2v) is 3.30. The van der Waals surface area contributed by atoms with E-state index in [2.05, 4.69) is 5.16 Å². The Morgan fingerprint density at radius 1 is 1.35 bits per heavy atom. The monoisotopic (exact) mass is 235 g/mol. The van der Waals surface area contributed by atoms with Crippen LogP contribution in [0.3, 0.4) is 0 Å². The van der Waals surface area contributed by atoms with Gasteiger partial charge in [0.25, 0.3) is 0 Å². The largest absolute Gasteiger partial charge is 0.515 e. The molecule has 0 atom stereocenters. The van der Waals surface area contributed by atoms with Crippen LogP contribution < -0.4 is 10.6 Å². The molecule has 0 fully saturated rings. The summed E-state index contributed by atoms with van der Waals surface area (Å²) in [5, 5.41) is 13.3. The zero-order valence-electron chi connectivity index (χ0n) is 9.05. The molecule has 0 aliphatic rings. The zero-order valence-corrected chi connectivity index (χ0v) is 9.05. The Kier molecular flexibility index (Phi) is 3.09. The number of hydrogen-bond acceptors (Lipinski definition) is 4.